The van der Waals surface area contributed by atoms with Crippen molar-refractivity contribution >= 4 is 33.3 Å². The van der Waals surface area contributed by atoms with E-state index in [1.807, 2.05) is 12.1 Å². The number of hydrogen-bond acceptors (Lipinski definition) is 9. The van der Waals surface area contributed by atoms with E-state index in [1.165, 1.54) is 12.1 Å². The first-order valence-electron chi connectivity index (χ1n) is 10.9. The van der Waals surface area contributed by atoms with Crippen LogP contribution in [0.25, 0.3) is 0 Å². The van der Waals surface area contributed by atoms with Gasteiger partial charge < -0.3 is 15.0 Å². The van der Waals surface area contributed by atoms with Crippen LogP contribution >= 0.6 is 11.3 Å². The monoisotopic (exact) mass is 415 g/mol. The van der Waals surface area contributed by atoms with Crippen molar-refractivity contribution in [3.05, 3.63) is 54.2 Å². The zero-order chi connectivity index (χ0) is 23.5. The summed E-state index contributed by atoms with van der Waals surface area (Å²) >= 11 is 1.08. The highest BCUT2D eigenvalue weighted by molar-refractivity contribution is 7.19. The predicted molar refractivity (Wildman–Crippen MR) is 111 cm³/mol. The molecule has 0 radical (unpaired) electrons. The van der Waals surface area contributed by atoms with Gasteiger partial charge in [0.2, 0.25) is 10.3 Å². The van der Waals surface area contributed by atoms with E-state index in [9.17, 15) is 4.79 Å². The Balaban J connectivity index is 1.41. The third-order valence-corrected chi connectivity index (χ3v) is 5.16. The highest BCUT2D eigenvalue weighted by atomic mass is 32.1. The minimum absolute atomic E-state index is 0.0801. The summed E-state index contributed by atoms with van der Waals surface area (Å²) in [7, 11) is -2.96. The van der Waals surface area contributed by atoms with Gasteiger partial charge in [-0.25, -0.2) is 0 Å². The second-order valence-electron chi connectivity index (χ2n) is 6.32. The number of aromatic nitrogens is 4. The van der Waals surface area contributed by atoms with Crippen molar-refractivity contribution in [1.82, 2.24) is 20.4 Å². The maximum Gasteiger partial charge on any atom is 0.259 e. The minimum Gasteiger partial charge on any atom is -0.367 e. The Labute approximate surface area is 177 Å². The lowest BCUT2D eigenvalue weighted by Gasteiger charge is -2.16. The van der Waals surface area contributed by atoms with Crippen molar-refractivity contribution in [2.24, 2.45) is 0 Å². The molecular formula is C19H21N7O2S. The highest BCUT2D eigenvalue weighted by Crippen LogP contribution is 2.26. The molecule has 29 heavy (non-hydrogen) atoms. The zero-order valence-corrected chi connectivity index (χ0v) is 16.1. The van der Waals surface area contributed by atoms with E-state index in [1.54, 1.807) is 24.4 Å². The Morgan fingerprint density at radius 2 is 2.14 bits per heavy atom. The Bertz CT molecular complexity index is 1090. The molecule has 2 N–H and O–H groups in total. The molecule has 1 fully saturated rings. The minimum atomic E-state index is -2.96. The van der Waals surface area contributed by atoms with Crippen LogP contribution in [0.5, 0.6) is 0 Å². The molecule has 4 rings (SSSR count). The summed E-state index contributed by atoms with van der Waals surface area (Å²) in [5, 5.41) is 22.3. The SMILES string of the molecule is [2H]C([2H])([2H])O[C@]([2H])(C(=O)Nc1nnc(N[C@@H]2CCN(c3cccnn3)C2)s1)c1ccccc1. The number of anilines is 3. The van der Waals surface area contributed by atoms with Gasteiger partial charge >= 0.3 is 0 Å². The normalized spacial score (nSPS) is 20.7. The summed E-state index contributed by atoms with van der Waals surface area (Å²) in [6.45, 7) is 1.51. The molecule has 2 aromatic heterocycles. The maximum absolute atomic E-state index is 12.9. The molecule has 1 aliphatic rings. The number of benzene rings is 1. The number of nitrogens with one attached hydrogen (secondary N) is 2. The molecule has 0 spiro atoms. The standard InChI is InChI=1S/C19H21N7O2S/c1-28-16(13-6-3-2-4-7-13)17(27)22-19-25-24-18(29-19)21-14-9-11-26(12-14)15-8-5-10-20-23-15/h2-8,10,14,16H,9,11-12H2,1H3,(H,21,24)(H,22,25,27)/t14-,16+/m1/s1/i1D3,16D. The fourth-order valence-corrected chi connectivity index (χ4v) is 3.75. The van der Waals surface area contributed by atoms with Gasteiger partial charge in [0.25, 0.3) is 5.91 Å². The molecule has 3 heterocycles. The Morgan fingerprint density at radius 1 is 1.28 bits per heavy atom. The molecule has 9 nitrogen and oxygen atoms in total. The van der Waals surface area contributed by atoms with Crippen LogP contribution < -0.4 is 15.5 Å². The second kappa shape index (κ2) is 8.93. The third kappa shape index (κ3) is 4.66. The summed E-state index contributed by atoms with van der Waals surface area (Å²) in [4.78, 5) is 15.0. The average molecular weight is 416 g/mol. The van der Waals surface area contributed by atoms with E-state index >= 15 is 0 Å². The molecule has 1 aromatic carbocycles. The molecule has 0 unspecified atom stereocenters. The smallest absolute Gasteiger partial charge is 0.259 e. The quantitative estimate of drug-likeness (QED) is 0.606. The number of carbonyl (C=O) groups is 1. The first-order chi connectivity index (χ1) is 15.7. The predicted octanol–water partition coefficient (Wildman–Crippen LogP) is 2.35. The number of amides is 1. The van der Waals surface area contributed by atoms with Gasteiger partial charge in [-0.15, -0.1) is 15.3 Å². The number of ether oxygens (including phenoxy) is 1. The molecule has 0 saturated carbocycles. The van der Waals surface area contributed by atoms with Gasteiger partial charge in [-0.1, -0.05) is 41.7 Å². The van der Waals surface area contributed by atoms with Gasteiger partial charge in [0.15, 0.2) is 11.9 Å². The van der Waals surface area contributed by atoms with Crippen LogP contribution in [0.4, 0.5) is 16.1 Å². The van der Waals surface area contributed by atoms with Crippen molar-refractivity contribution in [3.8, 4) is 0 Å². The van der Waals surface area contributed by atoms with Crippen LogP contribution in [-0.2, 0) is 9.53 Å². The Kier molecular flexibility index (Phi) is 4.56. The largest absolute Gasteiger partial charge is 0.367 e. The van der Waals surface area contributed by atoms with Crippen LogP contribution in [0.15, 0.2) is 48.7 Å². The van der Waals surface area contributed by atoms with E-state index in [0.717, 1.165) is 30.1 Å². The van der Waals surface area contributed by atoms with Crippen LogP contribution in [0.3, 0.4) is 0 Å². The van der Waals surface area contributed by atoms with Crippen molar-refractivity contribution in [3.63, 3.8) is 0 Å². The molecular weight excluding hydrogens is 390 g/mol. The molecule has 3 aromatic rings. The van der Waals surface area contributed by atoms with Crippen molar-refractivity contribution in [2.45, 2.75) is 18.5 Å². The number of hydrogen-bond donors (Lipinski definition) is 2. The summed E-state index contributed by atoms with van der Waals surface area (Å²) in [6.07, 6.45) is -0.0125. The fraction of sp³-hybridized carbons (Fsp3) is 0.316. The summed E-state index contributed by atoms with van der Waals surface area (Å²) in [5.74, 6) is -0.184. The van der Waals surface area contributed by atoms with Crippen LogP contribution in [-0.4, -0.2) is 52.5 Å². The number of methoxy groups -OCH3 is 1. The van der Waals surface area contributed by atoms with Gasteiger partial charge in [0.05, 0.1) is 5.48 Å². The molecule has 1 amide bonds. The summed E-state index contributed by atoms with van der Waals surface area (Å²) < 4.78 is 35.5. The van der Waals surface area contributed by atoms with Gasteiger partial charge in [-0.05, 0) is 24.1 Å². The molecule has 1 saturated heterocycles. The van der Waals surface area contributed by atoms with E-state index in [-0.39, 0.29) is 16.7 Å². The molecule has 0 aliphatic carbocycles. The van der Waals surface area contributed by atoms with E-state index in [4.69, 9.17) is 10.2 Å². The fourth-order valence-electron chi connectivity index (χ4n) is 3.03. The van der Waals surface area contributed by atoms with Crippen LogP contribution in [0.2, 0.25) is 0 Å². The first kappa shape index (κ1) is 14.8. The summed E-state index contributed by atoms with van der Waals surface area (Å²) in [6, 6.07) is 11.6. The third-order valence-electron chi connectivity index (χ3n) is 4.39. The van der Waals surface area contributed by atoms with E-state index in [0.29, 0.717) is 11.7 Å². The van der Waals surface area contributed by atoms with Crippen LogP contribution in [0.1, 0.15) is 23.5 Å². The summed E-state index contributed by atoms with van der Waals surface area (Å²) in [5.41, 5.74) is 0.0801. The number of carbonyl (C=O) groups excluding carboxylic acids is 1. The van der Waals surface area contributed by atoms with Crippen molar-refractivity contribution in [1.29, 1.82) is 0 Å². The van der Waals surface area contributed by atoms with Crippen LogP contribution in [0, 0.1) is 0 Å². The second-order valence-corrected chi connectivity index (χ2v) is 7.30. The van der Waals surface area contributed by atoms with Gasteiger partial charge in [0, 0.05) is 32.4 Å². The number of nitrogens with zero attached hydrogens (tertiary/aromatic N) is 5. The Hall–Kier alpha value is -3.11. The van der Waals surface area contributed by atoms with Gasteiger partial charge in [0.1, 0.15) is 0 Å². The zero-order valence-electron chi connectivity index (χ0n) is 19.3. The topological polar surface area (TPSA) is 105 Å². The van der Waals surface area contributed by atoms with Gasteiger partial charge in [-0.3, -0.25) is 10.1 Å². The van der Waals surface area contributed by atoms with Crippen molar-refractivity contribution in [2.75, 3.05) is 35.7 Å². The molecule has 150 valence electrons. The Morgan fingerprint density at radius 3 is 2.93 bits per heavy atom. The maximum atomic E-state index is 12.9. The lowest BCUT2D eigenvalue weighted by Crippen LogP contribution is -2.26. The molecule has 10 heteroatoms. The molecule has 1 aliphatic heterocycles. The van der Waals surface area contributed by atoms with E-state index < -0.39 is 19.0 Å². The lowest BCUT2D eigenvalue weighted by atomic mass is 10.1. The first-order valence-corrected chi connectivity index (χ1v) is 9.74. The lowest BCUT2D eigenvalue weighted by molar-refractivity contribution is -0.126. The number of rotatable bonds is 7. The van der Waals surface area contributed by atoms with E-state index in [2.05, 4.69) is 35.9 Å². The van der Waals surface area contributed by atoms with Gasteiger partial charge in [-0.2, -0.15) is 5.10 Å². The molecule has 2 atom stereocenters. The highest BCUT2D eigenvalue weighted by Gasteiger charge is 2.25. The van der Waals surface area contributed by atoms with Crippen molar-refractivity contribution < 1.29 is 15.0 Å². The average Bonchev–Trinajstić information content (AvgIpc) is 3.43. The molecule has 0 bridgehead atoms.